The molecule has 1 N–H and O–H groups in total. The minimum Gasteiger partial charge on any atom is -0.392 e. The Bertz CT molecular complexity index is 470. The maximum atomic E-state index is 11.7. The molecule has 84 valence electrons. The Hall–Kier alpha value is -1.20. The molecule has 0 fully saturated rings. The summed E-state index contributed by atoms with van der Waals surface area (Å²) in [5, 5.41) is 9.29. The molecule has 1 unspecified atom stereocenters. The molecule has 0 aliphatic carbocycles. The van der Waals surface area contributed by atoms with E-state index in [2.05, 4.69) is 15.9 Å². The highest BCUT2D eigenvalue weighted by Gasteiger charge is 2.36. The average Bonchev–Trinajstić information content (AvgIpc) is 2.43. The summed E-state index contributed by atoms with van der Waals surface area (Å²) in [6, 6.07) is 5.04. The van der Waals surface area contributed by atoms with Crippen molar-refractivity contribution in [3.63, 3.8) is 0 Å². The van der Waals surface area contributed by atoms with Crippen LogP contribution in [0.1, 0.15) is 17.3 Å². The molecule has 1 amide bonds. The molecule has 0 aromatic heterocycles. The number of aliphatic hydroxyl groups is 1. The van der Waals surface area contributed by atoms with Crippen LogP contribution in [0.5, 0.6) is 0 Å². The summed E-state index contributed by atoms with van der Waals surface area (Å²) in [6.07, 6.45) is -0.665. The highest BCUT2D eigenvalue weighted by atomic mass is 79.9. The zero-order valence-corrected chi connectivity index (χ0v) is 10.2. The zero-order chi connectivity index (χ0) is 11.9. The first-order chi connectivity index (χ1) is 7.50. The van der Waals surface area contributed by atoms with E-state index in [-0.39, 0.29) is 6.54 Å². The molecule has 0 radical (unpaired) electrons. The van der Waals surface area contributed by atoms with Crippen LogP contribution in [0.3, 0.4) is 0 Å². The van der Waals surface area contributed by atoms with Crippen molar-refractivity contribution < 1.29 is 14.7 Å². The van der Waals surface area contributed by atoms with Crippen molar-refractivity contribution in [3.05, 3.63) is 28.2 Å². The summed E-state index contributed by atoms with van der Waals surface area (Å²) in [7, 11) is 0. The Kier molecular flexibility index (Phi) is 2.82. The molecule has 16 heavy (non-hydrogen) atoms. The number of hydrogen-bond acceptors (Lipinski definition) is 3. The molecule has 1 heterocycles. The van der Waals surface area contributed by atoms with Gasteiger partial charge in [0.1, 0.15) is 0 Å². The molecule has 1 atom stereocenters. The molecular weight excluding hydrogens is 274 g/mol. The van der Waals surface area contributed by atoms with Gasteiger partial charge in [-0.2, -0.15) is 0 Å². The van der Waals surface area contributed by atoms with E-state index >= 15 is 0 Å². The number of Topliss-reactive ketones (excluding diaryl/α,β-unsaturated/α-hetero) is 1. The Balaban J connectivity index is 2.47. The van der Waals surface area contributed by atoms with Gasteiger partial charge in [-0.3, -0.25) is 9.59 Å². The van der Waals surface area contributed by atoms with Crippen molar-refractivity contribution in [3.8, 4) is 0 Å². The van der Waals surface area contributed by atoms with E-state index in [1.165, 1.54) is 4.90 Å². The van der Waals surface area contributed by atoms with E-state index in [1.54, 1.807) is 25.1 Å². The predicted molar refractivity (Wildman–Crippen MR) is 62.5 cm³/mol. The SMILES string of the molecule is CC(O)CN1C(=O)C(=O)c2ccc(Br)cc21. The van der Waals surface area contributed by atoms with Crippen LogP contribution in [0.25, 0.3) is 0 Å². The number of β-amino-alcohol motifs (C(OH)–C–C–N with tert-alkyl or cyclic N) is 1. The number of benzene rings is 1. The largest absolute Gasteiger partial charge is 0.392 e. The van der Waals surface area contributed by atoms with Gasteiger partial charge in [0.05, 0.1) is 23.9 Å². The molecule has 4 nitrogen and oxygen atoms in total. The van der Waals surface area contributed by atoms with Crippen molar-refractivity contribution in [2.75, 3.05) is 11.4 Å². The highest BCUT2D eigenvalue weighted by molar-refractivity contribution is 9.10. The fourth-order valence-electron chi connectivity index (χ4n) is 1.71. The second kappa shape index (κ2) is 3.99. The number of anilines is 1. The van der Waals surface area contributed by atoms with Gasteiger partial charge >= 0.3 is 0 Å². The van der Waals surface area contributed by atoms with E-state index in [1.807, 2.05) is 0 Å². The lowest BCUT2D eigenvalue weighted by molar-refractivity contribution is -0.114. The lowest BCUT2D eigenvalue weighted by Crippen LogP contribution is -2.35. The lowest BCUT2D eigenvalue weighted by Gasteiger charge is -2.18. The molecule has 1 aliphatic rings. The number of ketones is 1. The van der Waals surface area contributed by atoms with Gasteiger partial charge in [-0.15, -0.1) is 0 Å². The monoisotopic (exact) mass is 283 g/mol. The van der Waals surface area contributed by atoms with Gasteiger partial charge in [-0.25, -0.2) is 0 Å². The minimum absolute atomic E-state index is 0.133. The van der Waals surface area contributed by atoms with Crippen molar-refractivity contribution >= 4 is 33.3 Å². The Labute approximate surface area is 101 Å². The predicted octanol–water partition coefficient (Wildman–Crippen LogP) is 1.36. The number of aliphatic hydroxyl groups excluding tert-OH is 1. The van der Waals surface area contributed by atoms with Crippen molar-refractivity contribution in [2.45, 2.75) is 13.0 Å². The third-order valence-corrected chi connectivity index (χ3v) is 2.87. The van der Waals surface area contributed by atoms with Crippen molar-refractivity contribution in [1.29, 1.82) is 0 Å². The van der Waals surface area contributed by atoms with Crippen LogP contribution in [0, 0.1) is 0 Å². The van der Waals surface area contributed by atoms with E-state index in [9.17, 15) is 14.7 Å². The van der Waals surface area contributed by atoms with Gasteiger partial charge in [0.25, 0.3) is 11.7 Å². The van der Waals surface area contributed by atoms with Gasteiger partial charge in [0, 0.05) is 4.47 Å². The fraction of sp³-hybridized carbons (Fsp3) is 0.273. The number of halogens is 1. The number of rotatable bonds is 2. The van der Waals surface area contributed by atoms with Crippen LogP contribution in [0.15, 0.2) is 22.7 Å². The first-order valence-corrected chi connectivity index (χ1v) is 5.64. The third-order valence-electron chi connectivity index (χ3n) is 2.38. The van der Waals surface area contributed by atoms with E-state index in [4.69, 9.17) is 0 Å². The molecule has 5 heteroatoms. The standard InChI is InChI=1S/C11H10BrNO3/c1-6(14)5-13-9-4-7(12)2-3-8(9)10(15)11(13)16/h2-4,6,14H,5H2,1H3. The van der Waals surface area contributed by atoms with E-state index in [0.29, 0.717) is 11.3 Å². The van der Waals surface area contributed by atoms with Crippen molar-refractivity contribution in [2.24, 2.45) is 0 Å². The molecule has 0 bridgehead atoms. The smallest absolute Gasteiger partial charge is 0.299 e. The van der Waals surface area contributed by atoms with Crippen LogP contribution in [-0.2, 0) is 4.79 Å². The molecular formula is C11H10BrNO3. The number of hydrogen-bond donors (Lipinski definition) is 1. The molecule has 0 saturated heterocycles. The normalized spacial score (nSPS) is 16.6. The topological polar surface area (TPSA) is 57.6 Å². The number of carbonyl (C=O) groups excluding carboxylic acids is 2. The molecule has 1 aromatic carbocycles. The van der Waals surface area contributed by atoms with E-state index < -0.39 is 17.8 Å². The summed E-state index contributed by atoms with van der Waals surface area (Å²) in [4.78, 5) is 24.6. The average molecular weight is 284 g/mol. The Morgan fingerprint density at radius 2 is 2.12 bits per heavy atom. The maximum absolute atomic E-state index is 11.7. The number of nitrogens with zero attached hydrogens (tertiary/aromatic N) is 1. The Morgan fingerprint density at radius 1 is 1.44 bits per heavy atom. The summed E-state index contributed by atoms with van der Waals surface area (Å²) in [6.45, 7) is 1.71. The zero-order valence-electron chi connectivity index (χ0n) is 8.61. The Morgan fingerprint density at radius 3 is 2.75 bits per heavy atom. The second-order valence-electron chi connectivity index (χ2n) is 3.76. The summed E-state index contributed by atoms with van der Waals surface area (Å²) in [5.74, 6) is -1.09. The van der Waals surface area contributed by atoms with Gasteiger partial charge < -0.3 is 10.0 Å². The summed E-state index contributed by atoms with van der Waals surface area (Å²) < 4.78 is 0.796. The molecule has 1 aliphatic heterocycles. The van der Waals surface area contributed by atoms with E-state index in [0.717, 1.165) is 4.47 Å². The summed E-state index contributed by atoms with van der Waals surface area (Å²) >= 11 is 3.29. The number of fused-ring (bicyclic) bond motifs is 1. The minimum atomic E-state index is -0.665. The van der Waals surface area contributed by atoms with Crippen molar-refractivity contribution in [1.82, 2.24) is 0 Å². The first kappa shape index (κ1) is 11.3. The molecule has 0 saturated carbocycles. The lowest BCUT2D eigenvalue weighted by atomic mass is 10.1. The van der Waals surface area contributed by atoms with Crippen LogP contribution >= 0.6 is 15.9 Å². The number of amides is 1. The van der Waals surface area contributed by atoms with Gasteiger partial charge in [-0.05, 0) is 25.1 Å². The van der Waals surface area contributed by atoms with Crippen LogP contribution < -0.4 is 4.90 Å². The van der Waals surface area contributed by atoms with Crippen LogP contribution in [0.2, 0.25) is 0 Å². The van der Waals surface area contributed by atoms with Crippen LogP contribution in [0.4, 0.5) is 5.69 Å². The number of carbonyl (C=O) groups is 2. The quantitative estimate of drug-likeness (QED) is 0.834. The van der Waals surface area contributed by atoms with Gasteiger partial charge in [0.2, 0.25) is 0 Å². The van der Waals surface area contributed by atoms with Gasteiger partial charge in [-0.1, -0.05) is 15.9 Å². The third kappa shape index (κ3) is 1.76. The second-order valence-corrected chi connectivity index (χ2v) is 4.67. The first-order valence-electron chi connectivity index (χ1n) is 4.84. The maximum Gasteiger partial charge on any atom is 0.299 e. The highest BCUT2D eigenvalue weighted by Crippen LogP contribution is 2.31. The summed E-state index contributed by atoms with van der Waals surface area (Å²) in [5.41, 5.74) is 0.958. The molecule has 1 aromatic rings. The fourth-order valence-corrected chi connectivity index (χ4v) is 2.06. The molecule has 2 rings (SSSR count). The van der Waals surface area contributed by atoms with Gasteiger partial charge in [0.15, 0.2) is 0 Å². The molecule has 0 spiro atoms. The van der Waals surface area contributed by atoms with Crippen LogP contribution in [-0.4, -0.2) is 29.4 Å².